The van der Waals surface area contributed by atoms with Crippen molar-refractivity contribution in [1.29, 1.82) is 0 Å². The second-order valence-corrected chi connectivity index (χ2v) is 3.13. The van der Waals surface area contributed by atoms with E-state index in [2.05, 4.69) is 46.8 Å². The highest BCUT2D eigenvalue weighted by Crippen LogP contribution is 2.16. The van der Waals surface area contributed by atoms with Gasteiger partial charge < -0.3 is 0 Å². The van der Waals surface area contributed by atoms with Crippen LogP contribution in [-0.4, -0.2) is 10.9 Å². The van der Waals surface area contributed by atoms with E-state index in [1.807, 2.05) is 24.3 Å². The molecule has 0 radical (unpaired) electrons. The number of thiocarbonyl (C=S) groups is 1. The van der Waals surface area contributed by atoms with E-state index in [1.54, 1.807) is 0 Å². The Bertz CT molecular complexity index is 409. The van der Waals surface area contributed by atoms with Crippen LogP contribution in [0.4, 0.5) is 5.69 Å². The van der Waals surface area contributed by atoms with Crippen LogP contribution in [-0.2, 0) is 0 Å². The summed E-state index contributed by atoms with van der Waals surface area (Å²) in [7, 11) is 0. The fourth-order valence-corrected chi connectivity index (χ4v) is 1.15. The Kier molecular flexibility index (Phi) is 5.03. The van der Waals surface area contributed by atoms with E-state index < -0.39 is 0 Å². The van der Waals surface area contributed by atoms with Gasteiger partial charge in [-0.15, -0.1) is 0 Å². The van der Waals surface area contributed by atoms with E-state index in [0.717, 1.165) is 23.4 Å². The second kappa shape index (κ2) is 6.39. The van der Waals surface area contributed by atoms with Crippen molar-refractivity contribution in [3.63, 3.8) is 0 Å². The van der Waals surface area contributed by atoms with Gasteiger partial charge in [-0.1, -0.05) is 24.0 Å². The maximum absolute atomic E-state index is 4.55. The number of aliphatic imine (C=N–C) groups is 1. The van der Waals surface area contributed by atoms with Gasteiger partial charge in [0.2, 0.25) is 0 Å². The number of thiol groups is 1. The van der Waals surface area contributed by atoms with Crippen molar-refractivity contribution >= 4 is 35.7 Å². The minimum Gasteiger partial charge on any atom is -0.193 e. The molecule has 1 aromatic rings. The Hall–Kier alpha value is -1.07. The molecule has 0 aliphatic carbocycles. The van der Waals surface area contributed by atoms with E-state index in [1.165, 1.54) is 0 Å². The quantitative estimate of drug-likeness (QED) is 0.349. The molecule has 1 nitrogen and oxygen atoms in total. The average molecular weight is 219 g/mol. The summed E-state index contributed by atoms with van der Waals surface area (Å²) in [6.45, 7) is 0. The number of rotatable bonds is 2. The highest BCUT2D eigenvalue weighted by atomic mass is 32.1. The van der Waals surface area contributed by atoms with Crippen molar-refractivity contribution < 1.29 is 0 Å². The van der Waals surface area contributed by atoms with Crippen molar-refractivity contribution in [3.8, 4) is 11.8 Å². The summed E-state index contributed by atoms with van der Waals surface area (Å²) in [5, 5.41) is 2.34. The molecule has 70 valence electrons. The standard InChI is InChI=1S/C11H9NS2/c13-8-4-3-6-10-5-1-2-7-11(10)12-9-14/h1-2,5,7,13H,4,8H2. The first-order valence-electron chi connectivity index (χ1n) is 4.15. The molecule has 0 fully saturated rings. The van der Waals surface area contributed by atoms with Crippen LogP contribution in [0.1, 0.15) is 12.0 Å². The minimum absolute atomic E-state index is 0.769. The van der Waals surface area contributed by atoms with E-state index in [4.69, 9.17) is 0 Å². The van der Waals surface area contributed by atoms with Crippen molar-refractivity contribution in [2.24, 2.45) is 4.99 Å². The van der Waals surface area contributed by atoms with Crippen LogP contribution in [0, 0.1) is 11.8 Å². The molecule has 0 saturated heterocycles. The lowest BCUT2D eigenvalue weighted by Gasteiger charge is -1.94. The lowest BCUT2D eigenvalue weighted by atomic mass is 10.2. The molecule has 14 heavy (non-hydrogen) atoms. The van der Waals surface area contributed by atoms with Crippen molar-refractivity contribution in [2.45, 2.75) is 6.42 Å². The first-order chi connectivity index (χ1) is 6.88. The van der Waals surface area contributed by atoms with E-state index in [9.17, 15) is 0 Å². The zero-order valence-electron chi connectivity index (χ0n) is 7.53. The fraction of sp³-hybridized carbons (Fsp3) is 0.182. The lowest BCUT2D eigenvalue weighted by molar-refractivity contribution is 1.31. The zero-order chi connectivity index (χ0) is 10.2. The van der Waals surface area contributed by atoms with Crippen LogP contribution in [0.2, 0.25) is 0 Å². The number of nitrogens with zero attached hydrogens (tertiary/aromatic N) is 1. The molecule has 0 N–H and O–H groups in total. The summed E-state index contributed by atoms with van der Waals surface area (Å²) < 4.78 is 0. The topological polar surface area (TPSA) is 12.4 Å². The van der Waals surface area contributed by atoms with E-state index in [-0.39, 0.29) is 0 Å². The Morgan fingerprint density at radius 3 is 2.86 bits per heavy atom. The first-order valence-corrected chi connectivity index (χ1v) is 5.19. The molecule has 1 aromatic carbocycles. The molecule has 0 aromatic heterocycles. The van der Waals surface area contributed by atoms with E-state index >= 15 is 0 Å². The fourth-order valence-electron chi connectivity index (χ4n) is 0.940. The van der Waals surface area contributed by atoms with Gasteiger partial charge in [-0.25, -0.2) is 0 Å². The molecule has 0 bridgehead atoms. The number of hydrogen-bond donors (Lipinski definition) is 1. The van der Waals surface area contributed by atoms with Gasteiger partial charge in [0.1, 0.15) is 0 Å². The third-order valence-corrected chi connectivity index (χ3v) is 1.84. The normalized spacial score (nSPS) is 8.36. The Morgan fingerprint density at radius 2 is 2.14 bits per heavy atom. The summed E-state index contributed by atoms with van der Waals surface area (Å²) in [5.41, 5.74) is 1.65. The lowest BCUT2D eigenvalue weighted by Crippen LogP contribution is -1.75. The molecule has 0 spiro atoms. The monoisotopic (exact) mass is 219 g/mol. The molecule has 1 rings (SSSR count). The molecule has 0 amide bonds. The van der Waals surface area contributed by atoms with Gasteiger partial charge in [0.05, 0.1) is 16.4 Å². The molecule has 3 heteroatoms. The molecular formula is C11H9NS2. The summed E-state index contributed by atoms with van der Waals surface area (Å²) in [6, 6.07) is 7.60. The van der Waals surface area contributed by atoms with Crippen molar-refractivity contribution in [1.82, 2.24) is 0 Å². The van der Waals surface area contributed by atoms with Crippen LogP contribution in [0.25, 0.3) is 0 Å². The highest BCUT2D eigenvalue weighted by Gasteiger charge is 1.94. The Balaban J connectivity index is 2.97. The van der Waals surface area contributed by atoms with Gasteiger partial charge in [0, 0.05) is 12.2 Å². The third kappa shape index (κ3) is 3.35. The first kappa shape index (κ1) is 11.0. The molecule has 0 saturated carbocycles. The predicted octanol–water partition coefficient (Wildman–Crippen LogP) is 3.09. The maximum Gasteiger partial charge on any atom is 0.0895 e. The second-order valence-electron chi connectivity index (χ2n) is 2.50. The van der Waals surface area contributed by atoms with Gasteiger partial charge in [-0.3, -0.25) is 0 Å². The van der Waals surface area contributed by atoms with Crippen LogP contribution in [0.3, 0.4) is 0 Å². The Morgan fingerprint density at radius 1 is 1.36 bits per heavy atom. The number of isothiocyanates is 1. The predicted molar refractivity (Wildman–Crippen MR) is 66.5 cm³/mol. The molecular weight excluding hydrogens is 210 g/mol. The largest absolute Gasteiger partial charge is 0.193 e. The van der Waals surface area contributed by atoms with Crippen LogP contribution in [0.5, 0.6) is 0 Å². The number of para-hydroxylation sites is 1. The van der Waals surface area contributed by atoms with Gasteiger partial charge >= 0.3 is 0 Å². The smallest absolute Gasteiger partial charge is 0.0895 e. The average Bonchev–Trinajstić information content (AvgIpc) is 2.21. The van der Waals surface area contributed by atoms with Crippen LogP contribution >= 0.6 is 24.8 Å². The van der Waals surface area contributed by atoms with Gasteiger partial charge in [-0.2, -0.15) is 17.6 Å². The Labute approximate surface area is 94.7 Å². The number of benzene rings is 1. The summed E-state index contributed by atoms with van der Waals surface area (Å²) in [5.74, 6) is 6.79. The minimum atomic E-state index is 0.769. The SMILES string of the molecule is S=C=Nc1ccccc1C#CCCS. The van der Waals surface area contributed by atoms with Crippen molar-refractivity contribution in [3.05, 3.63) is 29.8 Å². The molecule has 0 atom stereocenters. The maximum atomic E-state index is 4.55. The van der Waals surface area contributed by atoms with Gasteiger partial charge in [0.25, 0.3) is 0 Å². The highest BCUT2D eigenvalue weighted by molar-refractivity contribution is 7.80. The summed E-state index contributed by atoms with van der Waals surface area (Å²) in [4.78, 5) is 3.93. The van der Waals surface area contributed by atoms with E-state index in [0.29, 0.717) is 0 Å². The van der Waals surface area contributed by atoms with Gasteiger partial charge in [0.15, 0.2) is 0 Å². The molecule has 0 aliphatic rings. The zero-order valence-corrected chi connectivity index (χ0v) is 9.24. The van der Waals surface area contributed by atoms with Crippen LogP contribution < -0.4 is 0 Å². The van der Waals surface area contributed by atoms with Crippen molar-refractivity contribution in [2.75, 3.05) is 5.75 Å². The van der Waals surface area contributed by atoms with Gasteiger partial charge in [-0.05, 0) is 24.4 Å². The molecule has 0 aliphatic heterocycles. The number of hydrogen-bond acceptors (Lipinski definition) is 3. The molecule has 0 heterocycles. The summed E-state index contributed by atoms with van der Waals surface area (Å²) >= 11 is 8.63. The summed E-state index contributed by atoms with van der Waals surface area (Å²) in [6.07, 6.45) is 0.777. The molecule has 0 unspecified atom stereocenters. The third-order valence-electron chi connectivity index (χ3n) is 1.53. The van der Waals surface area contributed by atoms with Crippen LogP contribution in [0.15, 0.2) is 29.3 Å².